The van der Waals surface area contributed by atoms with Crippen molar-refractivity contribution >= 4 is 50.3 Å². The second-order valence-corrected chi connectivity index (χ2v) is 8.44. The summed E-state index contributed by atoms with van der Waals surface area (Å²) in [6.07, 6.45) is 1.81. The van der Waals surface area contributed by atoms with Crippen molar-refractivity contribution in [2.45, 2.75) is 18.6 Å². The van der Waals surface area contributed by atoms with E-state index in [1.165, 1.54) is 11.8 Å². The fourth-order valence-corrected chi connectivity index (χ4v) is 4.28. The van der Waals surface area contributed by atoms with Crippen LogP contribution in [0.3, 0.4) is 0 Å². The number of carbonyl (C=O) groups excluding carboxylic acids is 1. The molecule has 8 heteroatoms. The first-order chi connectivity index (χ1) is 14.6. The normalized spacial score (nSPS) is 11.0. The molecule has 2 aromatic heterocycles. The van der Waals surface area contributed by atoms with Crippen molar-refractivity contribution in [2.24, 2.45) is 0 Å². The van der Waals surface area contributed by atoms with E-state index in [-0.39, 0.29) is 17.2 Å². The summed E-state index contributed by atoms with van der Waals surface area (Å²) in [5.74, 6) is -0.00397. The lowest BCUT2D eigenvalue weighted by Crippen LogP contribution is -2.23. The van der Waals surface area contributed by atoms with Gasteiger partial charge in [-0.1, -0.05) is 58.0 Å². The maximum Gasteiger partial charge on any atom is 0.278 e. The minimum atomic E-state index is -0.156. The second-order valence-electron chi connectivity index (χ2n) is 6.58. The summed E-state index contributed by atoms with van der Waals surface area (Å²) >= 11 is 4.63. The third-order valence-corrected chi connectivity index (χ3v) is 6.12. The van der Waals surface area contributed by atoms with Gasteiger partial charge < -0.3 is 10.3 Å². The van der Waals surface area contributed by atoms with Crippen LogP contribution in [0.1, 0.15) is 6.92 Å². The van der Waals surface area contributed by atoms with Gasteiger partial charge in [0.05, 0.1) is 5.75 Å². The molecule has 4 rings (SSSR count). The van der Waals surface area contributed by atoms with Crippen LogP contribution in [0.2, 0.25) is 0 Å². The Morgan fingerprint density at radius 1 is 1.17 bits per heavy atom. The van der Waals surface area contributed by atoms with Crippen LogP contribution in [-0.2, 0) is 11.3 Å². The molecule has 2 aromatic carbocycles. The van der Waals surface area contributed by atoms with Crippen LogP contribution in [0, 0.1) is 0 Å². The number of nitrogens with one attached hydrogen (secondary N) is 2. The zero-order valence-electron chi connectivity index (χ0n) is 16.2. The number of aromatic nitrogens is 3. The van der Waals surface area contributed by atoms with Crippen LogP contribution in [0.4, 0.5) is 5.69 Å². The lowest BCUT2D eigenvalue weighted by Gasteiger charge is -2.10. The van der Waals surface area contributed by atoms with E-state index in [1.54, 1.807) is 4.57 Å². The van der Waals surface area contributed by atoms with Crippen molar-refractivity contribution in [3.63, 3.8) is 0 Å². The number of nitrogens with zero attached hydrogens (tertiary/aromatic N) is 2. The van der Waals surface area contributed by atoms with Gasteiger partial charge in [-0.3, -0.25) is 14.2 Å². The highest BCUT2D eigenvalue weighted by Crippen LogP contribution is 2.27. The molecule has 0 saturated carbocycles. The van der Waals surface area contributed by atoms with Crippen LogP contribution in [0.25, 0.3) is 22.2 Å². The molecule has 4 aromatic rings. The van der Waals surface area contributed by atoms with Crippen molar-refractivity contribution in [2.75, 3.05) is 11.1 Å². The van der Waals surface area contributed by atoms with Crippen LogP contribution >= 0.6 is 27.7 Å². The smallest absolute Gasteiger partial charge is 0.278 e. The van der Waals surface area contributed by atoms with Crippen LogP contribution < -0.4 is 10.9 Å². The van der Waals surface area contributed by atoms with Crippen LogP contribution in [0.15, 0.2) is 75.2 Å². The van der Waals surface area contributed by atoms with E-state index in [2.05, 4.69) is 26.2 Å². The molecule has 0 aliphatic heterocycles. The van der Waals surface area contributed by atoms with Gasteiger partial charge in [0.15, 0.2) is 5.16 Å². The number of halogens is 1. The highest BCUT2D eigenvalue weighted by Gasteiger charge is 2.17. The van der Waals surface area contributed by atoms with Gasteiger partial charge >= 0.3 is 0 Å². The number of benzene rings is 2. The maximum absolute atomic E-state index is 13.0. The fourth-order valence-electron chi connectivity index (χ4n) is 3.16. The van der Waals surface area contributed by atoms with Gasteiger partial charge in [-0.05, 0) is 36.8 Å². The summed E-state index contributed by atoms with van der Waals surface area (Å²) in [6, 6.07) is 17.2. The van der Waals surface area contributed by atoms with E-state index < -0.39 is 0 Å². The van der Waals surface area contributed by atoms with Gasteiger partial charge in [0.2, 0.25) is 5.91 Å². The molecule has 0 aliphatic carbocycles. The molecular formula is C22H19BrN4O2S. The number of H-pyrrole nitrogens is 1. The van der Waals surface area contributed by atoms with Crippen molar-refractivity contribution in [3.05, 3.63) is 75.6 Å². The lowest BCUT2D eigenvalue weighted by atomic mass is 10.1. The Bertz CT molecular complexity index is 1250. The molecule has 152 valence electrons. The molecule has 0 radical (unpaired) electrons. The number of fused-ring (bicyclic) bond motifs is 1. The number of aromatic amines is 1. The zero-order valence-corrected chi connectivity index (χ0v) is 18.6. The average Bonchev–Trinajstić information content (AvgIpc) is 3.19. The Hall–Kier alpha value is -2.84. The molecule has 0 spiro atoms. The molecule has 1 amide bonds. The summed E-state index contributed by atoms with van der Waals surface area (Å²) in [6.45, 7) is 2.36. The third kappa shape index (κ3) is 4.20. The SMILES string of the molecule is CCn1c(SCC(=O)Nc2ccc(Br)cc2)nc2c(-c3ccccc3)c[nH]c2c1=O. The third-order valence-electron chi connectivity index (χ3n) is 4.61. The number of hydrogen-bond donors (Lipinski definition) is 2. The lowest BCUT2D eigenvalue weighted by molar-refractivity contribution is -0.113. The average molecular weight is 483 g/mol. The number of rotatable bonds is 6. The van der Waals surface area contributed by atoms with Gasteiger partial charge in [0, 0.05) is 28.5 Å². The zero-order chi connectivity index (χ0) is 21.1. The highest BCUT2D eigenvalue weighted by atomic mass is 79.9. The number of carbonyl (C=O) groups is 1. The van der Waals surface area contributed by atoms with E-state index in [9.17, 15) is 9.59 Å². The molecule has 0 saturated heterocycles. The minimum absolute atomic E-state index is 0.138. The number of amides is 1. The molecule has 0 unspecified atom stereocenters. The van der Waals surface area contributed by atoms with Gasteiger partial charge in [-0.15, -0.1) is 0 Å². The molecule has 6 nitrogen and oxygen atoms in total. The molecule has 0 fully saturated rings. The summed E-state index contributed by atoms with van der Waals surface area (Å²) in [7, 11) is 0. The molecular weight excluding hydrogens is 464 g/mol. The Morgan fingerprint density at radius 2 is 1.90 bits per heavy atom. The van der Waals surface area contributed by atoms with Crippen LogP contribution in [-0.4, -0.2) is 26.2 Å². The van der Waals surface area contributed by atoms with Gasteiger partial charge in [-0.25, -0.2) is 4.98 Å². The first-order valence-electron chi connectivity index (χ1n) is 9.42. The Kier molecular flexibility index (Phi) is 6.06. The van der Waals surface area contributed by atoms with Crippen molar-refractivity contribution in [1.29, 1.82) is 0 Å². The first kappa shape index (κ1) is 20.4. The Labute approximate surface area is 185 Å². The first-order valence-corrected chi connectivity index (χ1v) is 11.2. The topological polar surface area (TPSA) is 79.8 Å². The predicted octanol–water partition coefficient (Wildman–Crippen LogP) is 4.90. The second kappa shape index (κ2) is 8.89. The van der Waals surface area contributed by atoms with Gasteiger partial charge in [0.25, 0.3) is 5.56 Å². The molecule has 30 heavy (non-hydrogen) atoms. The Morgan fingerprint density at radius 3 is 2.60 bits per heavy atom. The minimum Gasteiger partial charge on any atom is -0.355 e. The molecule has 0 atom stereocenters. The summed E-state index contributed by atoms with van der Waals surface area (Å²) < 4.78 is 2.53. The van der Waals surface area contributed by atoms with E-state index >= 15 is 0 Å². The Balaban J connectivity index is 1.62. The largest absolute Gasteiger partial charge is 0.355 e. The molecule has 2 heterocycles. The highest BCUT2D eigenvalue weighted by molar-refractivity contribution is 9.10. The molecule has 2 N–H and O–H groups in total. The van der Waals surface area contributed by atoms with Crippen molar-refractivity contribution < 1.29 is 4.79 Å². The molecule has 0 aliphatic rings. The molecule has 0 bridgehead atoms. The standard InChI is InChI=1S/C22H19BrN4O2S/c1-2-27-21(29)20-19(17(12-24-20)14-6-4-3-5-7-14)26-22(27)30-13-18(28)25-16-10-8-15(23)9-11-16/h3-12,24H,2,13H2,1H3,(H,25,28). The van der Waals surface area contributed by atoms with Crippen molar-refractivity contribution in [1.82, 2.24) is 14.5 Å². The van der Waals surface area contributed by atoms with Crippen LogP contribution in [0.5, 0.6) is 0 Å². The summed E-state index contributed by atoms with van der Waals surface area (Å²) in [4.78, 5) is 33.2. The van der Waals surface area contributed by atoms with E-state index in [1.807, 2.05) is 67.7 Å². The summed E-state index contributed by atoms with van der Waals surface area (Å²) in [5, 5.41) is 3.38. The number of hydrogen-bond acceptors (Lipinski definition) is 4. The van der Waals surface area contributed by atoms with Gasteiger partial charge in [-0.2, -0.15) is 0 Å². The van der Waals surface area contributed by atoms with Crippen molar-refractivity contribution in [3.8, 4) is 11.1 Å². The van der Waals surface area contributed by atoms with Gasteiger partial charge in [0.1, 0.15) is 11.0 Å². The predicted molar refractivity (Wildman–Crippen MR) is 125 cm³/mol. The number of thioether (sulfide) groups is 1. The number of anilines is 1. The quantitative estimate of drug-likeness (QED) is 0.302. The van der Waals surface area contributed by atoms with E-state index in [4.69, 9.17) is 4.98 Å². The monoisotopic (exact) mass is 482 g/mol. The maximum atomic E-state index is 13.0. The summed E-state index contributed by atoms with van der Waals surface area (Å²) in [5.41, 5.74) is 3.52. The van der Waals surface area contributed by atoms with E-state index in [0.717, 1.165) is 21.3 Å². The fraction of sp³-hybridized carbons (Fsp3) is 0.136. The van der Waals surface area contributed by atoms with E-state index in [0.29, 0.717) is 22.7 Å².